The number of aryl methyl sites for hydroxylation is 1. The highest BCUT2D eigenvalue weighted by Gasteiger charge is 2.14. The van der Waals surface area contributed by atoms with Gasteiger partial charge in [0.15, 0.2) is 5.06 Å². The van der Waals surface area contributed by atoms with Crippen LogP contribution >= 0.6 is 23.7 Å². The molecule has 1 amide bonds. The first-order valence-electron chi connectivity index (χ1n) is 11.2. The number of carbonyl (C=O) groups is 1. The number of nitrogens with zero attached hydrogens (tertiary/aromatic N) is 2. The second-order valence-corrected chi connectivity index (χ2v) is 9.08. The lowest BCUT2D eigenvalue weighted by Crippen LogP contribution is -2.35. The Morgan fingerprint density at radius 3 is 2.83 bits per heavy atom. The third kappa shape index (κ3) is 6.10. The van der Waals surface area contributed by atoms with Gasteiger partial charge >= 0.3 is 6.09 Å². The topological polar surface area (TPSA) is 79.5 Å². The number of halogens is 1. The average Bonchev–Trinajstić information content (AvgIpc) is 3.45. The number of thiophene rings is 1. The number of para-hydroxylation sites is 1. The molecule has 1 saturated heterocycles. The number of hydrogen-bond donors (Lipinski definition) is 2. The van der Waals surface area contributed by atoms with Crippen molar-refractivity contribution in [3.8, 4) is 5.06 Å². The molecule has 0 unspecified atom stereocenters. The van der Waals surface area contributed by atoms with E-state index < -0.39 is 6.09 Å². The fourth-order valence-electron chi connectivity index (χ4n) is 3.94. The molecule has 0 atom stereocenters. The number of ether oxygens (including phenoxy) is 2. The molecule has 1 fully saturated rings. The van der Waals surface area contributed by atoms with Crippen molar-refractivity contribution in [1.82, 2.24) is 15.1 Å². The third-order valence-electron chi connectivity index (χ3n) is 5.79. The fourth-order valence-corrected chi connectivity index (χ4v) is 4.71. The summed E-state index contributed by atoms with van der Waals surface area (Å²) in [6, 6.07) is 16.1. The Morgan fingerprint density at radius 1 is 1.20 bits per heavy atom. The van der Waals surface area contributed by atoms with Gasteiger partial charge in [-0.2, -0.15) is 5.10 Å². The molecular weight excluding hydrogens is 484 g/mol. The smallest absolute Gasteiger partial charge is 0.399 e. The summed E-state index contributed by atoms with van der Waals surface area (Å²) < 4.78 is 11.0. The first kappa shape index (κ1) is 24.9. The van der Waals surface area contributed by atoms with Crippen LogP contribution in [0.25, 0.3) is 23.1 Å². The fraction of sp³-hybridized carbons (Fsp3) is 0.231. The second kappa shape index (κ2) is 11.5. The molecule has 1 aliphatic heterocycles. The van der Waals surface area contributed by atoms with Gasteiger partial charge in [-0.15, -0.1) is 23.7 Å². The number of rotatable bonds is 6. The van der Waals surface area contributed by atoms with Gasteiger partial charge in [-0.1, -0.05) is 36.4 Å². The van der Waals surface area contributed by atoms with Crippen molar-refractivity contribution in [1.29, 1.82) is 0 Å². The number of anilines is 1. The number of fused-ring (bicyclic) bond motifs is 1. The highest BCUT2D eigenvalue weighted by atomic mass is 35.5. The predicted molar refractivity (Wildman–Crippen MR) is 144 cm³/mol. The van der Waals surface area contributed by atoms with Gasteiger partial charge in [-0.05, 0) is 47.7 Å². The Bertz CT molecular complexity index is 1330. The van der Waals surface area contributed by atoms with E-state index in [-0.39, 0.29) is 12.4 Å². The van der Waals surface area contributed by atoms with E-state index in [1.165, 1.54) is 11.3 Å². The molecule has 2 N–H and O–H groups in total. The molecular formula is C26H27ClN4O3S. The molecule has 7 nitrogen and oxygen atoms in total. The summed E-state index contributed by atoms with van der Waals surface area (Å²) in [5.41, 5.74) is 5.45. The number of hydrogen-bond acceptors (Lipinski definition) is 6. The van der Waals surface area contributed by atoms with Crippen LogP contribution in [0.1, 0.15) is 22.4 Å². The van der Waals surface area contributed by atoms with Gasteiger partial charge < -0.3 is 9.47 Å². The predicted octanol–water partition coefficient (Wildman–Crippen LogP) is 5.97. The number of carbonyl (C=O) groups excluding carboxylic acids is 1. The minimum absolute atomic E-state index is 0. The Kier molecular flexibility index (Phi) is 8.20. The Labute approximate surface area is 214 Å². The average molecular weight is 511 g/mol. The maximum atomic E-state index is 12.7. The lowest BCUT2D eigenvalue weighted by Gasteiger charge is -2.26. The molecule has 1 aliphatic rings. The van der Waals surface area contributed by atoms with Crippen molar-refractivity contribution < 1.29 is 14.3 Å². The van der Waals surface area contributed by atoms with Crippen molar-refractivity contribution in [2.45, 2.75) is 13.5 Å². The van der Waals surface area contributed by atoms with Crippen molar-refractivity contribution in [2.75, 3.05) is 31.6 Å². The highest BCUT2D eigenvalue weighted by molar-refractivity contribution is 7.12. The summed E-state index contributed by atoms with van der Waals surface area (Å²) in [5, 5.41) is 14.0. The van der Waals surface area contributed by atoms with Crippen LogP contribution in [-0.2, 0) is 11.3 Å². The number of amides is 1. The first-order chi connectivity index (χ1) is 16.7. The summed E-state index contributed by atoms with van der Waals surface area (Å²) in [5.74, 6) is 0. The molecule has 35 heavy (non-hydrogen) atoms. The van der Waals surface area contributed by atoms with Crippen LogP contribution in [0.4, 0.5) is 10.5 Å². The molecule has 2 aromatic heterocycles. The lowest BCUT2D eigenvalue weighted by atomic mass is 10.1. The Morgan fingerprint density at radius 2 is 2.03 bits per heavy atom. The van der Waals surface area contributed by atoms with E-state index in [0.29, 0.717) is 10.8 Å². The zero-order valence-corrected chi connectivity index (χ0v) is 21.0. The van der Waals surface area contributed by atoms with Gasteiger partial charge in [0.25, 0.3) is 0 Å². The SMILES string of the molecule is Cc1ccsc1OC(=O)Nc1cc(CN2CCOCC2)ccc1/C=C/c1n[nH]c2ccccc12.Cl. The quantitative estimate of drug-likeness (QED) is 0.334. The van der Waals surface area contributed by atoms with Crippen molar-refractivity contribution >= 4 is 58.6 Å². The van der Waals surface area contributed by atoms with Crippen LogP contribution in [0.5, 0.6) is 5.06 Å². The van der Waals surface area contributed by atoms with Gasteiger partial charge in [0.2, 0.25) is 0 Å². The van der Waals surface area contributed by atoms with Gasteiger partial charge in [-0.3, -0.25) is 15.3 Å². The van der Waals surface area contributed by atoms with Crippen molar-refractivity contribution in [2.24, 2.45) is 0 Å². The summed E-state index contributed by atoms with van der Waals surface area (Å²) in [7, 11) is 0. The monoisotopic (exact) mass is 510 g/mol. The molecule has 182 valence electrons. The minimum Gasteiger partial charge on any atom is -0.399 e. The maximum Gasteiger partial charge on any atom is 0.417 e. The van der Waals surface area contributed by atoms with E-state index in [2.05, 4.69) is 26.5 Å². The van der Waals surface area contributed by atoms with Gasteiger partial charge in [-0.25, -0.2) is 4.79 Å². The van der Waals surface area contributed by atoms with Gasteiger partial charge in [0, 0.05) is 30.6 Å². The van der Waals surface area contributed by atoms with Gasteiger partial charge in [0.1, 0.15) is 0 Å². The van der Waals surface area contributed by atoms with Crippen LogP contribution in [-0.4, -0.2) is 47.5 Å². The van der Waals surface area contributed by atoms with Crippen molar-refractivity contribution in [3.63, 3.8) is 0 Å². The second-order valence-electron chi connectivity index (χ2n) is 8.20. The van der Waals surface area contributed by atoms with Crippen LogP contribution in [0, 0.1) is 6.92 Å². The Balaban J connectivity index is 0.00000289. The molecule has 0 saturated carbocycles. The molecule has 0 spiro atoms. The largest absolute Gasteiger partial charge is 0.417 e. The first-order valence-corrected chi connectivity index (χ1v) is 12.1. The van der Waals surface area contributed by atoms with E-state index in [1.54, 1.807) is 0 Å². The summed E-state index contributed by atoms with van der Waals surface area (Å²) in [4.78, 5) is 15.0. The van der Waals surface area contributed by atoms with Crippen LogP contribution in [0.3, 0.4) is 0 Å². The number of morpholine rings is 1. The molecule has 4 aromatic rings. The Hall–Kier alpha value is -3.17. The zero-order valence-electron chi connectivity index (χ0n) is 19.3. The molecule has 0 bridgehead atoms. The molecule has 0 aliphatic carbocycles. The van der Waals surface area contributed by atoms with E-state index in [9.17, 15) is 4.79 Å². The molecule has 3 heterocycles. The summed E-state index contributed by atoms with van der Waals surface area (Å²) in [6.07, 6.45) is 3.41. The number of benzene rings is 2. The normalized spacial score (nSPS) is 14.2. The van der Waals surface area contributed by atoms with E-state index >= 15 is 0 Å². The van der Waals surface area contributed by atoms with Crippen LogP contribution < -0.4 is 10.1 Å². The summed E-state index contributed by atoms with van der Waals surface area (Å²) in [6.45, 7) is 6.01. The number of H-pyrrole nitrogens is 1. The number of aromatic amines is 1. The third-order valence-corrected chi connectivity index (χ3v) is 6.68. The zero-order chi connectivity index (χ0) is 23.3. The number of aromatic nitrogens is 2. The van der Waals surface area contributed by atoms with Crippen LogP contribution in [0.2, 0.25) is 0 Å². The maximum absolute atomic E-state index is 12.7. The van der Waals surface area contributed by atoms with Crippen LogP contribution in [0.15, 0.2) is 53.9 Å². The molecule has 9 heteroatoms. The lowest BCUT2D eigenvalue weighted by molar-refractivity contribution is 0.0342. The minimum atomic E-state index is -0.506. The summed E-state index contributed by atoms with van der Waals surface area (Å²) >= 11 is 1.40. The standard InChI is InChI=1S/C26H26N4O3S.ClH/c1-18-10-15-34-25(18)33-26(31)27-24-16-19(17-30-11-13-32-14-12-30)6-7-20(24)8-9-23-21-4-2-3-5-22(21)28-29-23;/h2-10,15-16H,11-14,17H2,1H3,(H,27,31)(H,28,29);1H/b9-8+;. The van der Waals surface area contributed by atoms with E-state index in [1.807, 2.05) is 66.9 Å². The number of nitrogens with one attached hydrogen (secondary N) is 2. The molecule has 0 radical (unpaired) electrons. The van der Waals surface area contributed by atoms with Gasteiger partial charge in [0.05, 0.1) is 30.1 Å². The van der Waals surface area contributed by atoms with E-state index in [0.717, 1.165) is 66.1 Å². The molecule has 5 rings (SSSR count). The van der Waals surface area contributed by atoms with E-state index in [4.69, 9.17) is 9.47 Å². The highest BCUT2D eigenvalue weighted by Crippen LogP contribution is 2.27. The molecule has 2 aromatic carbocycles. The van der Waals surface area contributed by atoms with Crippen molar-refractivity contribution in [3.05, 3.63) is 76.3 Å².